The van der Waals surface area contributed by atoms with Gasteiger partial charge in [-0.25, -0.2) is 9.97 Å². The van der Waals surface area contributed by atoms with E-state index in [0.717, 1.165) is 13.1 Å². The van der Waals surface area contributed by atoms with Crippen molar-refractivity contribution in [3.05, 3.63) is 17.0 Å². The molecule has 0 aliphatic carbocycles. The third-order valence-electron chi connectivity index (χ3n) is 2.77. The zero-order valence-corrected chi connectivity index (χ0v) is 12.4. The average Bonchev–Trinajstić information content (AvgIpc) is 2.34. The summed E-state index contributed by atoms with van der Waals surface area (Å²) in [6.45, 7) is 8.39. The van der Waals surface area contributed by atoms with Gasteiger partial charge in [0.2, 0.25) is 5.82 Å². The van der Waals surface area contributed by atoms with E-state index >= 15 is 0 Å². The van der Waals surface area contributed by atoms with Crippen molar-refractivity contribution in [2.45, 2.75) is 33.0 Å². The monoisotopic (exact) mass is 310 g/mol. The van der Waals surface area contributed by atoms with Crippen LogP contribution in [0.3, 0.4) is 0 Å². The summed E-state index contributed by atoms with van der Waals surface area (Å²) in [6, 6.07) is 1.23. The lowest BCUT2D eigenvalue weighted by atomic mass is 10.3. The van der Waals surface area contributed by atoms with Crippen LogP contribution in [0.2, 0.25) is 5.15 Å². The molecule has 1 aromatic rings. The van der Waals surface area contributed by atoms with E-state index < -0.39 is 12.0 Å². The van der Waals surface area contributed by atoms with Gasteiger partial charge in [-0.2, -0.15) is 13.2 Å². The molecule has 0 bridgehead atoms. The molecule has 0 saturated carbocycles. The lowest BCUT2D eigenvalue weighted by Crippen LogP contribution is -2.35. The first-order valence-corrected chi connectivity index (χ1v) is 6.74. The highest BCUT2D eigenvalue weighted by Crippen LogP contribution is 2.28. The Morgan fingerprint density at radius 3 is 2.40 bits per heavy atom. The number of hydrogen-bond donors (Lipinski definition) is 1. The van der Waals surface area contributed by atoms with Gasteiger partial charge in [-0.05, 0) is 20.0 Å². The maximum Gasteiger partial charge on any atom is 0.451 e. The highest BCUT2D eigenvalue weighted by atomic mass is 35.5. The molecule has 1 aromatic heterocycles. The van der Waals surface area contributed by atoms with E-state index in [2.05, 4.69) is 20.2 Å². The van der Waals surface area contributed by atoms with Crippen molar-refractivity contribution in [3.63, 3.8) is 0 Å². The molecule has 1 atom stereocenters. The van der Waals surface area contributed by atoms with Crippen LogP contribution in [0.15, 0.2) is 6.07 Å². The number of hydrogen-bond acceptors (Lipinski definition) is 4. The average molecular weight is 311 g/mol. The Morgan fingerprint density at radius 1 is 1.30 bits per heavy atom. The van der Waals surface area contributed by atoms with E-state index in [1.807, 2.05) is 20.8 Å². The fourth-order valence-corrected chi connectivity index (χ4v) is 1.97. The summed E-state index contributed by atoms with van der Waals surface area (Å²) in [7, 11) is 0. The first-order chi connectivity index (χ1) is 9.26. The van der Waals surface area contributed by atoms with Crippen LogP contribution in [0.1, 0.15) is 26.6 Å². The molecule has 0 aromatic carbocycles. The van der Waals surface area contributed by atoms with E-state index in [0.29, 0.717) is 6.54 Å². The minimum absolute atomic E-state index is 0.0537. The molecule has 0 spiro atoms. The molecule has 1 rings (SSSR count). The van der Waals surface area contributed by atoms with Gasteiger partial charge in [-0.15, -0.1) is 0 Å². The Balaban J connectivity index is 2.79. The van der Waals surface area contributed by atoms with Gasteiger partial charge < -0.3 is 10.2 Å². The molecule has 0 aliphatic heterocycles. The van der Waals surface area contributed by atoms with Crippen LogP contribution in [0.5, 0.6) is 0 Å². The Hall–Kier alpha value is -1.08. The van der Waals surface area contributed by atoms with Gasteiger partial charge in [0.05, 0.1) is 0 Å². The van der Waals surface area contributed by atoms with Gasteiger partial charge in [-0.1, -0.05) is 25.4 Å². The molecule has 0 aliphatic rings. The summed E-state index contributed by atoms with van der Waals surface area (Å²) in [5, 5.41) is 2.69. The number of rotatable bonds is 6. The molecule has 0 radical (unpaired) electrons. The molecule has 0 saturated heterocycles. The summed E-state index contributed by atoms with van der Waals surface area (Å²) in [4.78, 5) is 8.80. The molecule has 0 amide bonds. The number of nitrogens with one attached hydrogen (secondary N) is 1. The predicted octanol–water partition coefficient (Wildman–Crippen LogP) is 3.29. The maximum absolute atomic E-state index is 12.6. The first kappa shape index (κ1) is 17.0. The Morgan fingerprint density at radius 2 is 1.90 bits per heavy atom. The fraction of sp³-hybridized carbons (Fsp3) is 0.667. The molecular weight excluding hydrogens is 293 g/mol. The smallest absolute Gasteiger partial charge is 0.366 e. The van der Waals surface area contributed by atoms with Crippen molar-refractivity contribution in [1.29, 1.82) is 0 Å². The van der Waals surface area contributed by atoms with Crippen LogP contribution in [0, 0.1) is 0 Å². The molecule has 0 fully saturated rings. The largest absolute Gasteiger partial charge is 0.451 e. The quantitative estimate of drug-likeness (QED) is 0.819. The SMILES string of the molecule is CCN(CC)CC(C)Nc1cc(Cl)nc(C(F)(F)F)n1. The second kappa shape index (κ2) is 7.08. The number of likely N-dealkylation sites (N-methyl/N-ethyl adjacent to an activating group) is 1. The van der Waals surface area contributed by atoms with Gasteiger partial charge in [-0.3, -0.25) is 0 Å². The van der Waals surface area contributed by atoms with Crippen molar-refractivity contribution in [1.82, 2.24) is 14.9 Å². The van der Waals surface area contributed by atoms with Crippen LogP contribution in [0.4, 0.5) is 19.0 Å². The standard InChI is InChI=1S/C12H18ClF3N4/c1-4-20(5-2)7-8(3)17-10-6-9(13)18-11(19-10)12(14,15)16/h6,8H,4-5,7H2,1-3H3,(H,17,18,19). The van der Waals surface area contributed by atoms with Crippen molar-refractivity contribution in [2.75, 3.05) is 25.0 Å². The van der Waals surface area contributed by atoms with Crippen LogP contribution in [0.25, 0.3) is 0 Å². The van der Waals surface area contributed by atoms with Crippen molar-refractivity contribution in [3.8, 4) is 0 Å². The minimum atomic E-state index is -4.61. The Bertz CT molecular complexity index is 435. The van der Waals surface area contributed by atoms with E-state index in [9.17, 15) is 13.2 Å². The first-order valence-electron chi connectivity index (χ1n) is 6.36. The van der Waals surface area contributed by atoms with Crippen LogP contribution >= 0.6 is 11.6 Å². The maximum atomic E-state index is 12.6. The number of alkyl halides is 3. The molecular formula is C12H18ClF3N4. The number of nitrogens with zero attached hydrogens (tertiary/aromatic N) is 3. The summed E-state index contributed by atoms with van der Waals surface area (Å²) < 4.78 is 37.8. The Kier molecular flexibility index (Phi) is 6.01. The zero-order valence-electron chi connectivity index (χ0n) is 11.6. The lowest BCUT2D eigenvalue weighted by Gasteiger charge is -2.23. The molecule has 1 N–H and O–H groups in total. The molecule has 20 heavy (non-hydrogen) atoms. The van der Waals surface area contributed by atoms with Crippen LogP contribution < -0.4 is 5.32 Å². The summed E-state index contributed by atoms with van der Waals surface area (Å²) in [6.07, 6.45) is -4.61. The molecule has 1 heterocycles. The normalized spacial score (nSPS) is 13.6. The molecule has 8 heteroatoms. The van der Waals surface area contributed by atoms with Crippen LogP contribution in [-0.4, -0.2) is 40.5 Å². The number of halogens is 4. The molecule has 114 valence electrons. The van der Waals surface area contributed by atoms with Crippen molar-refractivity contribution >= 4 is 17.4 Å². The Labute approximate surface area is 121 Å². The van der Waals surface area contributed by atoms with E-state index in [1.165, 1.54) is 6.07 Å². The highest BCUT2D eigenvalue weighted by Gasteiger charge is 2.35. The summed E-state index contributed by atoms with van der Waals surface area (Å²) >= 11 is 5.60. The third kappa shape index (κ3) is 5.13. The summed E-state index contributed by atoms with van der Waals surface area (Å²) in [5.41, 5.74) is 0. The zero-order chi connectivity index (χ0) is 15.3. The predicted molar refractivity (Wildman–Crippen MR) is 72.9 cm³/mol. The van der Waals surface area contributed by atoms with Gasteiger partial charge in [0.1, 0.15) is 11.0 Å². The molecule has 4 nitrogen and oxygen atoms in total. The van der Waals surface area contributed by atoms with Gasteiger partial charge in [0.25, 0.3) is 0 Å². The fourth-order valence-electron chi connectivity index (χ4n) is 1.79. The number of aromatic nitrogens is 2. The summed E-state index contributed by atoms with van der Waals surface area (Å²) in [5.74, 6) is -1.15. The third-order valence-corrected chi connectivity index (χ3v) is 2.96. The second-order valence-electron chi connectivity index (χ2n) is 4.43. The minimum Gasteiger partial charge on any atom is -0.366 e. The van der Waals surface area contributed by atoms with Crippen molar-refractivity contribution in [2.24, 2.45) is 0 Å². The second-order valence-corrected chi connectivity index (χ2v) is 4.82. The van der Waals surface area contributed by atoms with Crippen LogP contribution in [-0.2, 0) is 6.18 Å². The topological polar surface area (TPSA) is 41.0 Å². The van der Waals surface area contributed by atoms with Crippen molar-refractivity contribution < 1.29 is 13.2 Å². The van der Waals surface area contributed by atoms with E-state index in [-0.39, 0.29) is 17.0 Å². The number of anilines is 1. The lowest BCUT2D eigenvalue weighted by molar-refractivity contribution is -0.144. The van der Waals surface area contributed by atoms with Gasteiger partial charge in [0, 0.05) is 18.7 Å². The highest BCUT2D eigenvalue weighted by molar-refractivity contribution is 6.29. The van der Waals surface area contributed by atoms with E-state index in [4.69, 9.17) is 11.6 Å². The molecule has 1 unspecified atom stereocenters. The van der Waals surface area contributed by atoms with E-state index in [1.54, 1.807) is 0 Å². The van der Waals surface area contributed by atoms with Gasteiger partial charge >= 0.3 is 6.18 Å². The van der Waals surface area contributed by atoms with Gasteiger partial charge in [0.15, 0.2) is 0 Å².